The molecule has 228 valence electrons. The lowest BCUT2D eigenvalue weighted by molar-refractivity contribution is -0.147. The van der Waals surface area contributed by atoms with Crippen molar-refractivity contribution in [1.82, 2.24) is 20.1 Å². The number of rotatable bonds is 9. The van der Waals surface area contributed by atoms with Gasteiger partial charge >= 0.3 is 11.9 Å². The van der Waals surface area contributed by atoms with Crippen LogP contribution in [0.3, 0.4) is 0 Å². The molecule has 0 saturated heterocycles. The van der Waals surface area contributed by atoms with Crippen LogP contribution in [0.25, 0.3) is 0 Å². The minimum atomic E-state index is -1.21. The summed E-state index contributed by atoms with van der Waals surface area (Å²) in [5, 5.41) is 19.2. The number of carboxylic acids is 1. The molecule has 2 aromatic heterocycles. The molecule has 1 saturated carbocycles. The number of aliphatic imine (C=N–C) groups is 1. The number of esters is 1. The van der Waals surface area contributed by atoms with E-state index in [1.807, 2.05) is 6.20 Å². The molecule has 9 nitrogen and oxygen atoms in total. The predicted molar refractivity (Wildman–Crippen MR) is 158 cm³/mol. The Morgan fingerprint density at radius 3 is 2.58 bits per heavy atom. The zero-order chi connectivity index (χ0) is 30.9. The monoisotopic (exact) mass is 631 g/mol. The zero-order valence-corrected chi connectivity index (χ0v) is 25.5. The van der Waals surface area contributed by atoms with Crippen LogP contribution in [0, 0.1) is 23.0 Å². The van der Waals surface area contributed by atoms with Crippen molar-refractivity contribution >= 4 is 40.7 Å². The number of aliphatic carboxylic acids is 1. The molecule has 13 heteroatoms. The van der Waals surface area contributed by atoms with Crippen LogP contribution >= 0.6 is 22.9 Å². The normalized spacial score (nSPS) is 20.9. The number of allylic oxidation sites excluding steroid dienone is 1. The van der Waals surface area contributed by atoms with E-state index < -0.39 is 40.1 Å². The molecule has 1 aromatic carbocycles. The van der Waals surface area contributed by atoms with Gasteiger partial charge in [-0.1, -0.05) is 17.7 Å². The maximum atomic E-state index is 14.6. The SMILES string of the molecule is CCOC(=O)C1=C(C2CCC(c3cnn(CC(C)(C)C(=O)O)c3)CC2)NC(c2nccs2)=NC1c1ccc(F)c(F)c1Cl. The number of benzene rings is 1. The van der Waals surface area contributed by atoms with Gasteiger partial charge in [0.05, 0.1) is 35.4 Å². The van der Waals surface area contributed by atoms with Crippen molar-refractivity contribution in [2.24, 2.45) is 16.3 Å². The Labute approximate surface area is 256 Å². The summed E-state index contributed by atoms with van der Waals surface area (Å²) in [6.07, 6.45) is 8.35. The molecular weight excluding hydrogens is 600 g/mol. The Hall–Kier alpha value is -3.64. The van der Waals surface area contributed by atoms with Crippen LogP contribution in [-0.4, -0.2) is 44.3 Å². The summed E-state index contributed by atoms with van der Waals surface area (Å²) in [5.74, 6) is -3.27. The van der Waals surface area contributed by atoms with Crippen molar-refractivity contribution in [2.75, 3.05) is 6.61 Å². The first-order chi connectivity index (χ1) is 20.5. The quantitative estimate of drug-likeness (QED) is 0.211. The Bertz CT molecular complexity index is 1580. The first-order valence-electron chi connectivity index (χ1n) is 14.0. The first kappa shape index (κ1) is 30.8. The van der Waals surface area contributed by atoms with Gasteiger partial charge in [0.25, 0.3) is 0 Å². The molecule has 2 N–H and O–H groups in total. The van der Waals surface area contributed by atoms with E-state index >= 15 is 0 Å². The van der Waals surface area contributed by atoms with Crippen LogP contribution in [0.4, 0.5) is 8.78 Å². The van der Waals surface area contributed by atoms with Crippen molar-refractivity contribution in [3.63, 3.8) is 0 Å². The predicted octanol–water partition coefficient (Wildman–Crippen LogP) is 6.26. The molecule has 1 fully saturated rings. The molecule has 0 spiro atoms. The van der Waals surface area contributed by atoms with Gasteiger partial charge in [-0.25, -0.2) is 18.6 Å². The molecule has 2 aliphatic rings. The molecule has 1 unspecified atom stereocenters. The number of carboxylic acid groups (broad SMARTS) is 1. The van der Waals surface area contributed by atoms with Gasteiger partial charge in [-0.05, 0) is 69.9 Å². The molecular formula is C30H32ClF2N5O4S. The third-order valence-electron chi connectivity index (χ3n) is 7.96. The number of halogens is 3. The number of carbonyl (C=O) groups excluding carboxylic acids is 1. The zero-order valence-electron chi connectivity index (χ0n) is 23.9. The molecule has 3 aromatic rings. The first-order valence-corrected chi connectivity index (χ1v) is 15.3. The Kier molecular flexibility index (Phi) is 8.98. The second-order valence-electron chi connectivity index (χ2n) is 11.4. The summed E-state index contributed by atoms with van der Waals surface area (Å²) in [6, 6.07) is 1.28. The minimum absolute atomic E-state index is 0.0892. The summed E-state index contributed by atoms with van der Waals surface area (Å²) in [6.45, 7) is 5.40. The van der Waals surface area contributed by atoms with E-state index in [2.05, 4.69) is 15.4 Å². The molecule has 1 atom stereocenters. The summed E-state index contributed by atoms with van der Waals surface area (Å²) < 4.78 is 35.8. The topological polar surface area (TPSA) is 119 Å². The van der Waals surface area contributed by atoms with Gasteiger partial charge in [-0.3, -0.25) is 14.5 Å². The van der Waals surface area contributed by atoms with Crippen LogP contribution < -0.4 is 5.32 Å². The van der Waals surface area contributed by atoms with Crippen molar-refractivity contribution in [3.05, 3.63) is 80.2 Å². The van der Waals surface area contributed by atoms with Crippen LogP contribution in [0.15, 0.2) is 52.4 Å². The molecule has 0 radical (unpaired) electrons. The fourth-order valence-electron chi connectivity index (χ4n) is 5.61. The van der Waals surface area contributed by atoms with Crippen molar-refractivity contribution in [1.29, 1.82) is 0 Å². The van der Waals surface area contributed by atoms with Gasteiger partial charge < -0.3 is 15.2 Å². The van der Waals surface area contributed by atoms with Gasteiger partial charge in [0.2, 0.25) is 0 Å². The highest BCUT2D eigenvalue weighted by Crippen LogP contribution is 2.44. The number of aromatic nitrogens is 3. The van der Waals surface area contributed by atoms with E-state index in [4.69, 9.17) is 21.3 Å². The lowest BCUT2D eigenvalue weighted by Crippen LogP contribution is -2.38. The van der Waals surface area contributed by atoms with Crippen LogP contribution in [0.5, 0.6) is 0 Å². The fraction of sp³-hybridized carbons (Fsp3) is 0.433. The van der Waals surface area contributed by atoms with Crippen molar-refractivity contribution < 1.29 is 28.2 Å². The van der Waals surface area contributed by atoms with Crippen LogP contribution in [-0.2, 0) is 20.9 Å². The lowest BCUT2D eigenvalue weighted by atomic mass is 9.76. The average molecular weight is 632 g/mol. The van der Waals surface area contributed by atoms with Crippen molar-refractivity contribution in [3.8, 4) is 0 Å². The summed E-state index contributed by atoms with van der Waals surface area (Å²) in [7, 11) is 0. The minimum Gasteiger partial charge on any atom is -0.481 e. The van der Waals surface area contributed by atoms with E-state index in [9.17, 15) is 23.5 Å². The number of carbonyl (C=O) groups is 2. The van der Waals surface area contributed by atoms with Gasteiger partial charge in [-0.15, -0.1) is 11.3 Å². The maximum absolute atomic E-state index is 14.6. The average Bonchev–Trinajstić information content (AvgIpc) is 3.68. The number of hydrogen-bond acceptors (Lipinski definition) is 8. The number of amidine groups is 1. The molecule has 3 heterocycles. The third-order valence-corrected chi connectivity index (χ3v) is 9.13. The largest absolute Gasteiger partial charge is 0.481 e. The summed E-state index contributed by atoms with van der Waals surface area (Å²) in [5.41, 5.74) is 1.06. The number of hydrogen-bond donors (Lipinski definition) is 2. The molecule has 43 heavy (non-hydrogen) atoms. The van der Waals surface area contributed by atoms with E-state index in [0.29, 0.717) is 29.4 Å². The van der Waals surface area contributed by atoms with E-state index in [1.165, 1.54) is 17.4 Å². The maximum Gasteiger partial charge on any atom is 0.338 e. The molecule has 5 rings (SSSR count). The fourth-order valence-corrected chi connectivity index (χ4v) is 6.46. The van der Waals surface area contributed by atoms with E-state index in [0.717, 1.165) is 24.5 Å². The smallest absolute Gasteiger partial charge is 0.338 e. The Morgan fingerprint density at radius 2 is 1.93 bits per heavy atom. The van der Waals surface area contributed by atoms with Crippen molar-refractivity contribution in [2.45, 2.75) is 65.0 Å². The molecule has 0 bridgehead atoms. The molecule has 1 aliphatic carbocycles. The Morgan fingerprint density at radius 1 is 1.21 bits per heavy atom. The lowest BCUT2D eigenvalue weighted by Gasteiger charge is -2.35. The highest BCUT2D eigenvalue weighted by Gasteiger charge is 2.39. The van der Waals surface area contributed by atoms with Crippen LogP contribution in [0.2, 0.25) is 5.02 Å². The number of ether oxygens (including phenoxy) is 1. The van der Waals surface area contributed by atoms with Gasteiger partial charge in [0.15, 0.2) is 22.5 Å². The van der Waals surface area contributed by atoms with Crippen LogP contribution in [0.1, 0.15) is 74.5 Å². The second-order valence-corrected chi connectivity index (χ2v) is 12.6. The molecule has 1 aliphatic heterocycles. The number of thiazole rings is 1. The van der Waals surface area contributed by atoms with E-state index in [-0.39, 0.29) is 36.1 Å². The number of nitrogens with one attached hydrogen (secondary N) is 1. The van der Waals surface area contributed by atoms with Gasteiger partial charge in [0, 0.05) is 29.0 Å². The number of nitrogens with zero attached hydrogens (tertiary/aromatic N) is 4. The molecule has 0 amide bonds. The van der Waals surface area contributed by atoms with Gasteiger partial charge in [-0.2, -0.15) is 5.10 Å². The standard InChI is InChI=1S/C30H32ClF2N5O4S/c1-4-42-28(39)21-24(17-7-5-16(6-8-17)18-13-35-38(14-18)15-30(2,3)29(40)41)36-26(27-34-11-12-43-27)37-25(21)19-9-10-20(32)23(33)22(19)31/h9-14,16-17,25H,4-8,15H2,1-3H3,(H,36,37)(H,40,41). The summed E-state index contributed by atoms with van der Waals surface area (Å²) in [4.78, 5) is 34.1. The third kappa shape index (κ3) is 6.35. The Balaban J connectivity index is 1.47. The second kappa shape index (κ2) is 12.5. The van der Waals surface area contributed by atoms with Gasteiger partial charge in [0.1, 0.15) is 6.04 Å². The summed E-state index contributed by atoms with van der Waals surface area (Å²) >= 11 is 7.65. The van der Waals surface area contributed by atoms with E-state index in [1.54, 1.807) is 43.2 Å². The highest BCUT2D eigenvalue weighted by molar-refractivity contribution is 7.11. The highest BCUT2D eigenvalue weighted by atomic mass is 35.5.